The van der Waals surface area contributed by atoms with E-state index in [9.17, 15) is 10.1 Å². The van der Waals surface area contributed by atoms with Gasteiger partial charge in [-0.05, 0) is 44.0 Å². The van der Waals surface area contributed by atoms with Gasteiger partial charge in [-0.25, -0.2) is 0 Å². The summed E-state index contributed by atoms with van der Waals surface area (Å²) in [6.07, 6.45) is 2.25. The number of hydrogen-bond acceptors (Lipinski definition) is 4. The Morgan fingerprint density at radius 3 is 3.00 bits per heavy atom. The number of benzene rings is 1. The van der Waals surface area contributed by atoms with Crippen molar-refractivity contribution in [3.8, 4) is 0 Å². The Labute approximate surface area is 117 Å². The molecule has 1 aliphatic heterocycles. The molecule has 1 atom stereocenters. The molecule has 1 aliphatic rings. The molecule has 5 nitrogen and oxygen atoms in total. The summed E-state index contributed by atoms with van der Waals surface area (Å²) in [6.45, 7) is 3.15. The van der Waals surface area contributed by atoms with E-state index in [0.717, 1.165) is 25.9 Å². The molecule has 1 unspecified atom stereocenters. The predicted molar refractivity (Wildman–Crippen MR) is 75.2 cm³/mol. The predicted octanol–water partition coefficient (Wildman–Crippen LogP) is 2.42. The first-order valence-corrected chi connectivity index (χ1v) is 6.83. The van der Waals surface area contributed by atoms with Gasteiger partial charge in [-0.3, -0.25) is 15.0 Å². The van der Waals surface area contributed by atoms with Gasteiger partial charge in [0.2, 0.25) is 0 Å². The van der Waals surface area contributed by atoms with E-state index in [1.165, 1.54) is 6.07 Å². The van der Waals surface area contributed by atoms with Crippen LogP contribution in [0.3, 0.4) is 0 Å². The Kier molecular flexibility index (Phi) is 4.74. The highest BCUT2D eigenvalue weighted by molar-refractivity contribution is 6.30. The molecule has 19 heavy (non-hydrogen) atoms. The average molecular weight is 284 g/mol. The van der Waals surface area contributed by atoms with E-state index < -0.39 is 0 Å². The molecule has 1 aromatic rings. The Morgan fingerprint density at radius 2 is 2.32 bits per heavy atom. The number of likely N-dealkylation sites (tertiary alicyclic amines) is 1. The molecule has 0 aromatic heterocycles. The van der Waals surface area contributed by atoms with Crippen LogP contribution in [0, 0.1) is 16.0 Å². The van der Waals surface area contributed by atoms with Crippen LogP contribution in [0.2, 0.25) is 5.02 Å². The Morgan fingerprint density at radius 1 is 1.53 bits per heavy atom. The normalized spacial score (nSPS) is 20.4. The quantitative estimate of drug-likeness (QED) is 0.680. The second-order valence-corrected chi connectivity index (χ2v) is 5.45. The van der Waals surface area contributed by atoms with Gasteiger partial charge < -0.3 is 5.73 Å². The molecular formula is C13H18ClN3O2. The Hall–Kier alpha value is -1.17. The van der Waals surface area contributed by atoms with Crippen LogP contribution in [0.5, 0.6) is 0 Å². The van der Waals surface area contributed by atoms with Crippen LogP contribution < -0.4 is 5.73 Å². The van der Waals surface area contributed by atoms with Gasteiger partial charge in [0.15, 0.2) is 0 Å². The molecule has 0 spiro atoms. The molecular weight excluding hydrogens is 266 g/mol. The number of rotatable bonds is 4. The number of piperidine rings is 1. The Balaban J connectivity index is 2.12. The van der Waals surface area contributed by atoms with Gasteiger partial charge in [0, 0.05) is 29.7 Å². The number of nitrogens with two attached hydrogens (primary N) is 1. The molecule has 0 aliphatic carbocycles. The van der Waals surface area contributed by atoms with E-state index in [-0.39, 0.29) is 10.6 Å². The SMILES string of the molecule is NCC1CCCN(Cc2ccc(Cl)cc2[N+](=O)[O-])C1. The first-order valence-electron chi connectivity index (χ1n) is 6.45. The van der Waals surface area contributed by atoms with Crippen LogP contribution in [0.15, 0.2) is 18.2 Å². The van der Waals surface area contributed by atoms with Crippen LogP contribution in [0.4, 0.5) is 5.69 Å². The third kappa shape index (κ3) is 3.65. The summed E-state index contributed by atoms with van der Waals surface area (Å²) >= 11 is 5.81. The summed E-state index contributed by atoms with van der Waals surface area (Å²) < 4.78 is 0. The summed E-state index contributed by atoms with van der Waals surface area (Å²) in [6, 6.07) is 4.86. The number of nitrogens with zero attached hydrogens (tertiary/aromatic N) is 2. The fourth-order valence-corrected chi connectivity index (χ4v) is 2.74. The lowest BCUT2D eigenvalue weighted by atomic mass is 9.98. The number of halogens is 1. The molecule has 104 valence electrons. The van der Waals surface area contributed by atoms with Gasteiger partial charge in [-0.2, -0.15) is 0 Å². The van der Waals surface area contributed by atoms with Gasteiger partial charge in [0.1, 0.15) is 0 Å². The zero-order valence-electron chi connectivity index (χ0n) is 10.7. The van der Waals surface area contributed by atoms with E-state index in [0.29, 0.717) is 29.6 Å². The lowest BCUT2D eigenvalue weighted by molar-refractivity contribution is -0.385. The molecule has 0 amide bonds. The van der Waals surface area contributed by atoms with Gasteiger partial charge in [0.25, 0.3) is 5.69 Å². The van der Waals surface area contributed by atoms with E-state index in [1.54, 1.807) is 12.1 Å². The maximum Gasteiger partial charge on any atom is 0.275 e. The maximum atomic E-state index is 11.0. The van der Waals surface area contributed by atoms with Crippen molar-refractivity contribution in [2.24, 2.45) is 11.7 Å². The number of hydrogen-bond donors (Lipinski definition) is 1. The van der Waals surface area contributed by atoms with Crippen LogP contribution in [0.1, 0.15) is 18.4 Å². The van der Waals surface area contributed by atoms with Gasteiger partial charge in [-0.1, -0.05) is 11.6 Å². The number of nitro benzene ring substituents is 1. The fourth-order valence-electron chi connectivity index (χ4n) is 2.57. The minimum absolute atomic E-state index is 0.0994. The van der Waals surface area contributed by atoms with E-state index in [2.05, 4.69) is 4.90 Å². The summed E-state index contributed by atoms with van der Waals surface area (Å²) in [5, 5.41) is 11.4. The summed E-state index contributed by atoms with van der Waals surface area (Å²) in [7, 11) is 0. The zero-order chi connectivity index (χ0) is 13.8. The maximum absolute atomic E-state index is 11.0. The molecule has 1 fully saturated rings. The second kappa shape index (κ2) is 6.32. The first kappa shape index (κ1) is 14.2. The van der Waals surface area contributed by atoms with Crippen molar-refractivity contribution >= 4 is 17.3 Å². The number of nitro groups is 1. The average Bonchev–Trinajstić information content (AvgIpc) is 2.41. The van der Waals surface area contributed by atoms with Crippen LogP contribution in [-0.2, 0) is 6.54 Å². The fraction of sp³-hybridized carbons (Fsp3) is 0.538. The molecule has 2 rings (SSSR count). The van der Waals surface area contributed by atoms with Crippen molar-refractivity contribution in [2.75, 3.05) is 19.6 Å². The lowest BCUT2D eigenvalue weighted by Crippen LogP contribution is -2.37. The van der Waals surface area contributed by atoms with Gasteiger partial charge >= 0.3 is 0 Å². The minimum atomic E-state index is -0.369. The van der Waals surface area contributed by atoms with Crippen molar-refractivity contribution < 1.29 is 4.92 Å². The van der Waals surface area contributed by atoms with E-state index in [4.69, 9.17) is 17.3 Å². The highest BCUT2D eigenvalue weighted by Crippen LogP contribution is 2.26. The van der Waals surface area contributed by atoms with Crippen molar-refractivity contribution in [2.45, 2.75) is 19.4 Å². The molecule has 1 aromatic carbocycles. The summed E-state index contributed by atoms with van der Waals surface area (Å²) in [4.78, 5) is 12.9. The lowest BCUT2D eigenvalue weighted by Gasteiger charge is -2.31. The van der Waals surface area contributed by atoms with Crippen molar-refractivity contribution in [3.05, 3.63) is 38.9 Å². The first-order chi connectivity index (χ1) is 9.10. The molecule has 6 heteroatoms. The molecule has 1 saturated heterocycles. The second-order valence-electron chi connectivity index (χ2n) is 5.01. The molecule has 2 N–H and O–H groups in total. The Bertz CT molecular complexity index is 467. The highest BCUT2D eigenvalue weighted by atomic mass is 35.5. The van der Waals surface area contributed by atoms with Gasteiger partial charge in [0.05, 0.1) is 4.92 Å². The third-order valence-corrected chi connectivity index (χ3v) is 3.81. The van der Waals surface area contributed by atoms with E-state index >= 15 is 0 Å². The van der Waals surface area contributed by atoms with E-state index in [1.807, 2.05) is 0 Å². The smallest absolute Gasteiger partial charge is 0.275 e. The molecule has 1 heterocycles. The molecule has 0 bridgehead atoms. The zero-order valence-corrected chi connectivity index (χ0v) is 11.5. The largest absolute Gasteiger partial charge is 0.330 e. The molecule has 0 saturated carbocycles. The monoisotopic (exact) mass is 283 g/mol. The standard InChI is InChI=1S/C13H18ClN3O2/c14-12-4-3-11(13(6-12)17(18)19)9-16-5-1-2-10(7-15)8-16/h3-4,6,10H,1-2,5,7-9,15H2. The van der Waals surface area contributed by atoms with Crippen molar-refractivity contribution in [1.82, 2.24) is 4.90 Å². The van der Waals surface area contributed by atoms with Crippen LogP contribution >= 0.6 is 11.6 Å². The van der Waals surface area contributed by atoms with Gasteiger partial charge in [-0.15, -0.1) is 0 Å². The summed E-state index contributed by atoms with van der Waals surface area (Å²) in [5.41, 5.74) is 6.52. The summed E-state index contributed by atoms with van der Waals surface area (Å²) in [5.74, 6) is 0.500. The minimum Gasteiger partial charge on any atom is -0.330 e. The third-order valence-electron chi connectivity index (χ3n) is 3.57. The van der Waals surface area contributed by atoms with Crippen LogP contribution in [-0.4, -0.2) is 29.5 Å². The van der Waals surface area contributed by atoms with Crippen molar-refractivity contribution in [1.29, 1.82) is 0 Å². The topological polar surface area (TPSA) is 72.4 Å². The van der Waals surface area contributed by atoms with Crippen LogP contribution in [0.25, 0.3) is 0 Å². The highest BCUT2D eigenvalue weighted by Gasteiger charge is 2.22. The molecule has 0 radical (unpaired) electrons. The van der Waals surface area contributed by atoms with Crippen molar-refractivity contribution in [3.63, 3.8) is 0 Å².